The predicted molar refractivity (Wildman–Crippen MR) is 77.2 cm³/mol. The third-order valence-corrected chi connectivity index (χ3v) is 5.84. The highest BCUT2D eigenvalue weighted by Gasteiger charge is 2.36. The molecule has 0 saturated heterocycles. The normalized spacial score (nSPS) is 22.7. The fourth-order valence-electron chi connectivity index (χ4n) is 3.52. The molecule has 2 aliphatic carbocycles. The van der Waals surface area contributed by atoms with Crippen molar-refractivity contribution < 1.29 is 0 Å². The summed E-state index contributed by atoms with van der Waals surface area (Å²) in [6.07, 6.45) is 11.9. The van der Waals surface area contributed by atoms with E-state index in [1.807, 2.05) is 11.3 Å². The van der Waals surface area contributed by atoms with Crippen LogP contribution in [-0.2, 0) is 18.4 Å². The van der Waals surface area contributed by atoms with Gasteiger partial charge in [-0.3, -0.25) is 0 Å². The SMILES string of the molecule is CCNC1(c2nc3c(s2)CCCC3)CCCCC1. The minimum absolute atomic E-state index is 0.217. The van der Waals surface area contributed by atoms with E-state index in [4.69, 9.17) is 4.98 Å². The number of aryl methyl sites for hydroxylation is 2. The van der Waals surface area contributed by atoms with Crippen molar-refractivity contribution in [2.45, 2.75) is 70.3 Å². The number of nitrogens with zero attached hydrogens (tertiary/aromatic N) is 1. The van der Waals surface area contributed by atoms with Crippen LogP contribution in [0, 0.1) is 0 Å². The van der Waals surface area contributed by atoms with E-state index in [0.29, 0.717) is 0 Å². The topological polar surface area (TPSA) is 24.9 Å². The van der Waals surface area contributed by atoms with Gasteiger partial charge in [-0.2, -0.15) is 0 Å². The zero-order valence-corrected chi connectivity index (χ0v) is 12.2. The fourth-order valence-corrected chi connectivity index (χ4v) is 4.89. The van der Waals surface area contributed by atoms with Crippen LogP contribution in [0.1, 0.15) is 67.4 Å². The maximum atomic E-state index is 5.02. The van der Waals surface area contributed by atoms with Gasteiger partial charge < -0.3 is 5.32 Å². The van der Waals surface area contributed by atoms with Gasteiger partial charge in [-0.25, -0.2) is 4.98 Å². The standard InChI is InChI=1S/C15H24N2S/c1-2-16-15(10-6-3-7-11-15)14-17-12-8-4-5-9-13(12)18-14/h16H,2-11H2,1H3. The van der Waals surface area contributed by atoms with Crippen LogP contribution in [0.2, 0.25) is 0 Å². The molecule has 1 aromatic rings. The van der Waals surface area contributed by atoms with Crippen LogP contribution in [0.4, 0.5) is 0 Å². The van der Waals surface area contributed by atoms with Crippen LogP contribution in [0.3, 0.4) is 0 Å². The lowest BCUT2D eigenvalue weighted by Gasteiger charge is -2.36. The molecule has 1 heterocycles. The highest BCUT2D eigenvalue weighted by atomic mass is 32.1. The van der Waals surface area contributed by atoms with Crippen molar-refractivity contribution in [3.05, 3.63) is 15.6 Å². The average molecular weight is 264 g/mol. The summed E-state index contributed by atoms with van der Waals surface area (Å²) in [6.45, 7) is 3.29. The van der Waals surface area contributed by atoms with Crippen LogP contribution >= 0.6 is 11.3 Å². The summed E-state index contributed by atoms with van der Waals surface area (Å²) in [6, 6.07) is 0. The molecule has 0 amide bonds. The number of fused-ring (bicyclic) bond motifs is 1. The lowest BCUT2D eigenvalue weighted by atomic mass is 9.82. The molecule has 0 bridgehead atoms. The first-order chi connectivity index (χ1) is 8.84. The van der Waals surface area contributed by atoms with Gasteiger partial charge in [-0.1, -0.05) is 26.2 Å². The number of aromatic nitrogens is 1. The molecule has 0 unspecified atom stereocenters. The third kappa shape index (κ3) is 2.23. The molecule has 0 aromatic carbocycles. The molecule has 2 nitrogen and oxygen atoms in total. The Morgan fingerprint density at radius 3 is 2.61 bits per heavy atom. The van der Waals surface area contributed by atoms with Crippen molar-refractivity contribution in [2.24, 2.45) is 0 Å². The van der Waals surface area contributed by atoms with E-state index in [2.05, 4.69) is 12.2 Å². The Bertz CT molecular complexity index is 376. The number of hydrogen-bond acceptors (Lipinski definition) is 3. The second-order valence-corrected chi connectivity index (χ2v) is 6.85. The van der Waals surface area contributed by atoms with E-state index < -0.39 is 0 Å². The van der Waals surface area contributed by atoms with Gasteiger partial charge >= 0.3 is 0 Å². The van der Waals surface area contributed by atoms with Crippen LogP contribution in [0.25, 0.3) is 0 Å². The zero-order valence-electron chi connectivity index (χ0n) is 11.4. The first-order valence-electron chi connectivity index (χ1n) is 7.58. The first kappa shape index (κ1) is 12.6. The van der Waals surface area contributed by atoms with Crippen molar-refractivity contribution >= 4 is 11.3 Å². The maximum absolute atomic E-state index is 5.02. The van der Waals surface area contributed by atoms with E-state index in [9.17, 15) is 0 Å². The molecule has 3 rings (SSSR count). The number of rotatable bonds is 3. The van der Waals surface area contributed by atoms with Crippen molar-refractivity contribution in [1.82, 2.24) is 10.3 Å². The summed E-state index contributed by atoms with van der Waals surface area (Å²) in [5.41, 5.74) is 1.64. The molecule has 0 radical (unpaired) electrons. The van der Waals surface area contributed by atoms with E-state index in [0.717, 1.165) is 6.54 Å². The molecule has 3 heteroatoms. The van der Waals surface area contributed by atoms with Gasteiger partial charge in [0.05, 0.1) is 11.2 Å². The van der Waals surface area contributed by atoms with Gasteiger partial charge in [0, 0.05) is 4.88 Å². The molecule has 0 spiro atoms. The molecule has 0 atom stereocenters. The third-order valence-electron chi connectivity index (χ3n) is 4.48. The Labute approximate surface area is 114 Å². The van der Waals surface area contributed by atoms with Crippen molar-refractivity contribution in [3.8, 4) is 0 Å². The lowest BCUT2D eigenvalue weighted by molar-refractivity contribution is 0.237. The summed E-state index contributed by atoms with van der Waals surface area (Å²) in [7, 11) is 0. The molecule has 100 valence electrons. The molecule has 1 N–H and O–H groups in total. The number of hydrogen-bond donors (Lipinski definition) is 1. The summed E-state index contributed by atoms with van der Waals surface area (Å²) in [4.78, 5) is 6.60. The molecule has 18 heavy (non-hydrogen) atoms. The molecule has 1 saturated carbocycles. The van der Waals surface area contributed by atoms with Crippen LogP contribution in [0.5, 0.6) is 0 Å². The van der Waals surface area contributed by atoms with Gasteiger partial charge in [-0.15, -0.1) is 11.3 Å². The summed E-state index contributed by atoms with van der Waals surface area (Å²) < 4.78 is 0. The number of thiazole rings is 1. The van der Waals surface area contributed by atoms with Crippen molar-refractivity contribution in [3.63, 3.8) is 0 Å². The minimum Gasteiger partial charge on any atom is -0.306 e. The number of nitrogens with one attached hydrogen (secondary N) is 1. The highest BCUT2D eigenvalue weighted by Crippen LogP contribution is 2.41. The largest absolute Gasteiger partial charge is 0.306 e. The lowest BCUT2D eigenvalue weighted by Crippen LogP contribution is -2.43. The molecule has 0 aliphatic heterocycles. The van der Waals surface area contributed by atoms with Gasteiger partial charge in [0.15, 0.2) is 0 Å². The highest BCUT2D eigenvalue weighted by molar-refractivity contribution is 7.11. The van der Waals surface area contributed by atoms with E-state index in [1.54, 1.807) is 4.88 Å². The second-order valence-electron chi connectivity index (χ2n) is 5.77. The van der Waals surface area contributed by atoms with E-state index in [1.165, 1.54) is 68.5 Å². The zero-order chi connectivity index (χ0) is 12.4. The smallest absolute Gasteiger partial charge is 0.113 e. The fraction of sp³-hybridized carbons (Fsp3) is 0.800. The molecular weight excluding hydrogens is 240 g/mol. The van der Waals surface area contributed by atoms with Gasteiger partial charge in [0.2, 0.25) is 0 Å². The van der Waals surface area contributed by atoms with Crippen LogP contribution < -0.4 is 5.32 Å². The van der Waals surface area contributed by atoms with Gasteiger partial charge in [0.25, 0.3) is 0 Å². The Morgan fingerprint density at radius 1 is 1.11 bits per heavy atom. The molecule has 1 aromatic heterocycles. The quantitative estimate of drug-likeness (QED) is 0.898. The Kier molecular flexibility index (Phi) is 3.71. The summed E-state index contributed by atoms with van der Waals surface area (Å²) >= 11 is 2.01. The minimum atomic E-state index is 0.217. The monoisotopic (exact) mass is 264 g/mol. The van der Waals surface area contributed by atoms with Gasteiger partial charge in [-0.05, 0) is 45.1 Å². The van der Waals surface area contributed by atoms with Crippen molar-refractivity contribution in [1.29, 1.82) is 0 Å². The summed E-state index contributed by atoms with van der Waals surface area (Å²) in [5.74, 6) is 0. The van der Waals surface area contributed by atoms with E-state index in [-0.39, 0.29) is 5.54 Å². The Balaban J connectivity index is 1.91. The maximum Gasteiger partial charge on any atom is 0.113 e. The molecule has 1 fully saturated rings. The summed E-state index contributed by atoms with van der Waals surface area (Å²) in [5, 5.41) is 5.17. The Hall–Kier alpha value is -0.410. The second kappa shape index (κ2) is 5.30. The van der Waals surface area contributed by atoms with E-state index >= 15 is 0 Å². The molecular formula is C15H24N2S. The predicted octanol–water partition coefficient (Wildman–Crippen LogP) is 3.79. The van der Waals surface area contributed by atoms with Crippen LogP contribution in [0.15, 0.2) is 0 Å². The van der Waals surface area contributed by atoms with Crippen molar-refractivity contribution in [2.75, 3.05) is 6.54 Å². The average Bonchev–Trinajstić information content (AvgIpc) is 2.84. The Morgan fingerprint density at radius 2 is 1.89 bits per heavy atom. The van der Waals surface area contributed by atoms with Gasteiger partial charge in [0.1, 0.15) is 5.01 Å². The first-order valence-corrected chi connectivity index (χ1v) is 8.40. The van der Waals surface area contributed by atoms with Crippen LogP contribution in [-0.4, -0.2) is 11.5 Å². The molecule has 2 aliphatic rings.